The molecule has 164 valence electrons. The maximum absolute atomic E-state index is 12.7. The number of hydrogen-bond donors (Lipinski definition) is 1. The number of benzene rings is 2. The van der Waals surface area contributed by atoms with Crippen molar-refractivity contribution < 1.29 is 9.72 Å². The zero-order valence-corrected chi connectivity index (χ0v) is 19.1. The minimum Gasteiger partial charge on any atom is -0.326 e. The number of anilines is 1. The van der Waals surface area contributed by atoms with E-state index in [4.69, 9.17) is 4.98 Å². The zero-order chi connectivity index (χ0) is 23.0. The highest BCUT2D eigenvalue weighted by atomic mass is 32.1. The number of carbonyl (C=O) groups excluding carboxylic acids is 1. The maximum atomic E-state index is 12.7. The lowest BCUT2D eigenvalue weighted by Crippen LogP contribution is -2.25. The molecule has 0 saturated carbocycles. The molecule has 9 heteroatoms. The first kappa shape index (κ1) is 21.6. The molecule has 2 aromatic heterocycles. The third kappa shape index (κ3) is 4.24. The van der Waals surface area contributed by atoms with Gasteiger partial charge in [0.15, 0.2) is 0 Å². The molecule has 0 aliphatic heterocycles. The summed E-state index contributed by atoms with van der Waals surface area (Å²) in [5.74, 6) is -0.594. The first-order valence-corrected chi connectivity index (χ1v) is 11.0. The van der Waals surface area contributed by atoms with E-state index in [9.17, 15) is 14.9 Å². The van der Waals surface area contributed by atoms with E-state index in [-0.39, 0.29) is 18.1 Å². The first-order chi connectivity index (χ1) is 15.2. The highest BCUT2D eigenvalue weighted by molar-refractivity contribution is 7.21. The Labute approximate surface area is 189 Å². The van der Waals surface area contributed by atoms with Crippen LogP contribution < -0.4 is 5.32 Å². The number of hydrogen-bond acceptors (Lipinski definition) is 6. The van der Waals surface area contributed by atoms with Crippen LogP contribution in [0.5, 0.6) is 0 Å². The van der Waals surface area contributed by atoms with E-state index >= 15 is 0 Å². The first-order valence-electron chi connectivity index (χ1n) is 10.2. The number of carbonyl (C=O) groups is 1. The van der Waals surface area contributed by atoms with Crippen LogP contribution in [-0.4, -0.2) is 25.6 Å². The Bertz CT molecular complexity index is 1320. The van der Waals surface area contributed by atoms with Crippen molar-refractivity contribution in [2.75, 3.05) is 5.32 Å². The number of fused-ring (bicyclic) bond motifs is 1. The third-order valence-corrected chi connectivity index (χ3v) is 6.43. The van der Waals surface area contributed by atoms with Gasteiger partial charge in [0.05, 0.1) is 27.6 Å². The Morgan fingerprint density at radius 3 is 2.56 bits per heavy atom. The molecule has 2 heterocycles. The average molecular weight is 450 g/mol. The molecule has 1 atom stereocenters. The summed E-state index contributed by atoms with van der Waals surface area (Å²) in [6, 6.07) is 13.8. The standard InChI is InChI=1S/C23H23N5O3S/c1-13-5-10-19-20(11-13)32-23(25-19)17-6-8-18(9-7-17)24-22(29)14(2)12-27-16(4)21(28(30)31)15(3)26-27/h5-11,14H,12H2,1-4H3,(H,24,29). The molecule has 4 aromatic rings. The fourth-order valence-corrected chi connectivity index (χ4v) is 4.66. The Morgan fingerprint density at radius 2 is 1.91 bits per heavy atom. The summed E-state index contributed by atoms with van der Waals surface area (Å²) in [4.78, 5) is 28.1. The predicted octanol–water partition coefficient (Wildman–Crippen LogP) is 5.27. The second-order valence-electron chi connectivity index (χ2n) is 7.92. The molecule has 1 unspecified atom stereocenters. The van der Waals surface area contributed by atoms with Gasteiger partial charge in [-0.05, 0) is 62.7 Å². The summed E-state index contributed by atoms with van der Waals surface area (Å²) < 4.78 is 2.67. The fourth-order valence-electron chi connectivity index (χ4n) is 3.59. The van der Waals surface area contributed by atoms with E-state index in [1.54, 1.807) is 32.1 Å². The molecule has 4 rings (SSSR count). The highest BCUT2D eigenvalue weighted by Gasteiger charge is 2.24. The van der Waals surface area contributed by atoms with Gasteiger partial charge in [-0.2, -0.15) is 5.10 Å². The van der Waals surface area contributed by atoms with Gasteiger partial charge in [-0.15, -0.1) is 11.3 Å². The lowest BCUT2D eigenvalue weighted by Gasteiger charge is -2.13. The fraction of sp³-hybridized carbons (Fsp3) is 0.261. The number of aryl methyl sites for hydroxylation is 2. The van der Waals surface area contributed by atoms with Gasteiger partial charge >= 0.3 is 5.69 Å². The summed E-state index contributed by atoms with van der Waals surface area (Å²) in [7, 11) is 0. The van der Waals surface area contributed by atoms with Crippen molar-refractivity contribution in [3.63, 3.8) is 0 Å². The van der Waals surface area contributed by atoms with Gasteiger partial charge in [0.2, 0.25) is 5.91 Å². The van der Waals surface area contributed by atoms with Crippen LogP contribution in [-0.2, 0) is 11.3 Å². The van der Waals surface area contributed by atoms with Crippen LogP contribution in [0.15, 0.2) is 42.5 Å². The van der Waals surface area contributed by atoms with Gasteiger partial charge in [0, 0.05) is 11.3 Å². The van der Waals surface area contributed by atoms with Gasteiger partial charge < -0.3 is 5.32 Å². The van der Waals surface area contributed by atoms with Crippen molar-refractivity contribution >= 4 is 38.8 Å². The minimum absolute atomic E-state index is 0.00166. The maximum Gasteiger partial charge on any atom is 0.312 e. The zero-order valence-electron chi connectivity index (χ0n) is 18.2. The van der Waals surface area contributed by atoms with Crippen molar-refractivity contribution in [3.05, 3.63) is 69.5 Å². The summed E-state index contributed by atoms with van der Waals surface area (Å²) in [6.45, 7) is 7.34. The van der Waals surface area contributed by atoms with E-state index in [1.807, 2.05) is 30.3 Å². The molecule has 0 fully saturated rings. The number of thiazole rings is 1. The van der Waals surface area contributed by atoms with Crippen molar-refractivity contribution in [1.82, 2.24) is 14.8 Å². The predicted molar refractivity (Wildman–Crippen MR) is 126 cm³/mol. The molecule has 1 amide bonds. The lowest BCUT2D eigenvalue weighted by molar-refractivity contribution is -0.386. The van der Waals surface area contributed by atoms with E-state index in [2.05, 4.69) is 29.5 Å². The van der Waals surface area contributed by atoms with Crippen LogP contribution in [0.4, 0.5) is 11.4 Å². The number of nitro groups is 1. The molecule has 0 radical (unpaired) electrons. The van der Waals surface area contributed by atoms with Crippen LogP contribution in [0, 0.1) is 36.8 Å². The molecular weight excluding hydrogens is 426 g/mol. The van der Waals surface area contributed by atoms with Crippen LogP contribution >= 0.6 is 11.3 Å². The molecule has 1 N–H and O–H groups in total. The molecule has 32 heavy (non-hydrogen) atoms. The van der Waals surface area contributed by atoms with Gasteiger partial charge in [-0.3, -0.25) is 19.6 Å². The molecule has 0 spiro atoms. The van der Waals surface area contributed by atoms with E-state index in [0.717, 1.165) is 20.8 Å². The number of nitrogens with zero attached hydrogens (tertiary/aromatic N) is 4. The Hall–Kier alpha value is -3.59. The number of nitrogens with one attached hydrogen (secondary N) is 1. The van der Waals surface area contributed by atoms with Crippen LogP contribution in [0.25, 0.3) is 20.8 Å². The SMILES string of the molecule is Cc1ccc2nc(-c3ccc(NC(=O)C(C)Cn4nc(C)c([N+](=O)[O-])c4C)cc3)sc2c1. The highest BCUT2D eigenvalue weighted by Crippen LogP contribution is 2.31. The van der Waals surface area contributed by atoms with Gasteiger partial charge in [0.25, 0.3) is 0 Å². The lowest BCUT2D eigenvalue weighted by atomic mass is 10.1. The largest absolute Gasteiger partial charge is 0.326 e. The Kier molecular flexibility index (Phi) is 5.75. The Morgan fingerprint density at radius 1 is 1.19 bits per heavy atom. The van der Waals surface area contributed by atoms with Crippen LogP contribution in [0.1, 0.15) is 23.9 Å². The van der Waals surface area contributed by atoms with Crippen molar-refractivity contribution in [2.24, 2.45) is 5.92 Å². The molecule has 8 nitrogen and oxygen atoms in total. The number of aromatic nitrogens is 3. The topological polar surface area (TPSA) is 103 Å². The molecule has 0 bridgehead atoms. The molecular formula is C23H23N5O3S. The van der Waals surface area contributed by atoms with Crippen molar-refractivity contribution in [3.8, 4) is 10.6 Å². The summed E-state index contributed by atoms with van der Waals surface area (Å²) >= 11 is 1.64. The van der Waals surface area contributed by atoms with Crippen molar-refractivity contribution in [1.29, 1.82) is 0 Å². The number of rotatable bonds is 6. The number of amides is 1. The minimum atomic E-state index is -0.437. The summed E-state index contributed by atoms with van der Waals surface area (Å²) in [5.41, 5.74) is 4.65. The monoisotopic (exact) mass is 449 g/mol. The van der Waals surface area contributed by atoms with E-state index in [1.165, 1.54) is 10.2 Å². The van der Waals surface area contributed by atoms with Gasteiger partial charge in [0.1, 0.15) is 16.4 Å². The summed E-state index contributed by atoms with van der Waals surface area (Å²) in [5, 5.41) is 19.2. The van der Waals surface area contributed by atoms with Gasteiger partial charge in [-0.25, -0.2) is 4.98 Å². The van der Waals surface area contributed by atoms with Crippen LogP contribution in [0.3, 0.4) is 0 Å². The second-order valence-corrected chi connectivity index (χ2v) is 8.95. The molecule has 2 aromatic carbocycles. The van der Waals surface area contributed by atoms with Crippen molar-refractivity contribution in [2.45, 2.75) is 34.2 Å². The molecule has 0 aliphatic carbocycles. The van der Waals surface area contributed by atoms with Crippen LogP contribution in [0.2, 0.25) is 0 Å². The van der Waals surface area contributed by atoms with E-state index < -0.39 is 10.8 Å². The van der Waals surface area contributed by atoms with E-state index in [0.29, 0.717) is 17.1 Å². The third-order valence-electron chi connectivity index (χ3n) is 5.36. The Balaban J connectivity index is 1.44. The quantitative estimate of drug-likeness (QED) is 0.319. The smallest absolute Gasteiger partial charge is 0.312 e. The molecule has 0 saturated heterocycles. The average Bonchev–Trinajstić information content (AvgIpc) is 3.28. The second kappa shape index (κ2) is 8.51. The molecule has 0 aliphatic rings. The summed E-state index contributed by atoms with van der Waals surface area (Å²) in [6.07, 6.45) is 0. The normalized spacial score (nSPS) is 12.1. The van der Waals surface area contributed by atoms with Gasteiger partial charge in [-0.1, -0.05) is 13.0 Å².